The molecular formula is C21H28N2O13. The normalized spacial score (nSPS) is 16.7. The summed E-state index contributed by atoms with van der Waals surface area (Å²) in [7, 11) is 1.34. The third kappa shape index (κ3) is 10.6. The number of hydrogen-bond acceptors (Lipinski definition) is 13. The molecule has 0 spiro atoms. The van der Waals surface area contributed by atoms with Crippen LogP contribution in [0, 0.1) is 0 Å². The van der Waals surface area contributed by atoms with Crippen LogP contribution < -0.4 is 0 Å². The largest absolute Gasteiger partial charge is 0.462 e. The molecule has 0 aromatic carbocycles. The average molecular weight is 516 g/mol. The monoisotopic (exact) mass is 516 g/mol. The quantitative estimate of drug-likeness (QED) is 0.267. The van der Waals surface area contributed by atoms with Crippen LogP contribution in [-0.2, 0) is 62.2 Å². The molecule has 2 aliphatic rings. The molecule has 200 valence electrons. The van der Waals surface area contributed by atoms with Crippen molar-refractivity contribution in [3.63, 3.8) is 0 Å². The molecule has 0 saturated carbocycles. The minimum Gasteiger partial charge on any atom is -0.462 e. The van der Waals surface area contributed by atoms with Crippen molar-refractivity contribution in [2.45, 2.75) is 71.5 Å². The predicted molar refractivity (Wildman–Crippen MR) is 112 cm³/mol. The molecule has 0 aliphatic carbocycles. The molecule has 2 rings (SSSR count). The number of methoxy groups -OCH3 is 1. The zero-order valence-corrected chi connectivity index (χ0v) is 20.3. The lowest BCUT2D eigenvalue weighted by molar-refractivity contribution is -0.199. The Hall–Kier alpha value is -3.88. The van der Waals surface area contributed by atoms with E-state index in [1.54, 1.807) is 0 Å². The van der Waals surface area contributed by atoms with E-state index < -0.39 is 59.7 Å². The second-order valence-electron chi connectivity index (χ2n) is 7.65. The van der Waals surface area contributed by atoms with Crippen LogP contribution in [0.3, 0.4) is 0 Å². The fourth-order valence-corrected chi connectivity index (χ4v) is 2.81. The zero-order valence-electron chi connectivity index (χ0n) is 20.3. The molecule has 0 aromatic heterocycles. The maximum absolute atomic E-state index is 11.4. The second-order valence-corrected chi connectivity index (χ2v) is 7.65. The van der Waals surface area contributed by atoms with Crippen molar-refractivity contribution < 1.29 is 62.2 Å². The van der Waals surface area contributed by atoms with Gasteiger partial charge in [0.25, 0.3) is 23.6 Å². The van der Waals surface area contributed by atoms with E-state index in [-0.39, 0.29) is 45.1 Å². The summed E-state index contributed by atoms with van der Waals surface area (Å²) in [6.07, 6.45) is -1.70. The van der Waals surface area contributed by atoms with Gasteiger partial charge in [-0.05, 0) is 13.8 Å². The van der Waals surface area contributed by atoms with Crippen LogP contribution in [-0.4, -0.2) is 83.6 Å². The SMILES string of the molecule is CC(=O)OC(C)CC(=O)ON1C(=O)CCC1=O.COCC(=O)OC(C)CC(=O)ON1C(=O)CCC1=O. The van der Waals surface area contributed by atoms with Crippen LogP contribution in [0.2, 0.25) is 0 Å². The van der Waals surface area contributed by atoms with Gasteiger partial charge in [0.1, 0.15) is 18.8 Å². The van der Waals surface area contributed by atoms with E-state index in [0.29, 0.717) is 10.1 Å². The third-order valence-corrected chi connectivity index (χ3v) is 4.27. The first-order valence-electron chi connectivity index (χ1n) is 10.8. The van der Waals surface area contributed by atoms with E-state index in [2.05, 4.69) is 14.4 Å². The van der Waals surface area contributed by atoms with Crippen LogP contribution >= 0.6 is 0 Å². The molecule has 2 fully saturated rings. The Kier molecular flexibility index (Phi) is 12.1. The van der Waals surface area contributed by atoms with Crippen molar-refractivity contribution in [1.29, 1.82) is 0 Å². The summed E-state index contributed by atoms with van der Waals surface area (Å²) in [5, 5.41) is 0.912. The molecule has 4 amide bonds. The number of hydrogen-bond donors (Lipinski definition) is 0. The molecule has 0 bridgehead atoms. The highest BCUT2D eigenvalue weighted by atomic mass is 16.7. The Balaban J connectivity index is 0.000000362. The highest BCUT2D eigenvalue weighted by Crippen LogP contribution is 2.14. The summed E-state index contributed by atoms with van der Waals surface area (Å²) in [6.45, 7) is 4.00. The summed E-state index contributed by atoms with van der Waals surface area (Å²) < 4.78 is 14.1. The molecule has 0 radical (unpaired) electrons. The number of imide groups is 2. The number of carbonyl (C=O) groups is 8. The van der Waals surface area contributed by atoms with E-state index in [9.17, 15) is 38.4 Å². The van der Waals surface area contributed by atoms with E-state index in [1.165, 1.54) is 27.9 Å². The Labute approximate surface area is 205 Å². The molecule has 0 aromatic rings. The summed E-state index contributed by atoms with van der Waals surface area (Å²) in [6, 6.07) is 0. The Bertz CT molecular complexity index is 868. The van der Waals surface area contributed by atoms with Crippen LogP contribution in [0.1, 0.15) is 59.3 Å². The molecular weight excluding hydrogens is 488 g/mol. The smallest absolute Gasteiger partial charge is 0.336 e. The van der Waals surface area contributed by atoms with Gasteiger partial charge >= 0.3 is 23.9 Å². The molecule has 2 saturated heterocycles. The lowest BCUT2D eigenvalue weighted by Crippen LogP contribution is -2.33. The predicted octanol–water partition coefficient (Wildman–Crippen LogP) is -0.503. The van der Waals surface area contributed by atoms with Gasteiger partial charge in [0.05, 0.1) is 12.8 Å². The zero-order chi connectivity index (χ0) is 27.4. The van der Waals surface area contributed by atoms with Crippen molar-refractivity contribution in [2.75, 3.05) is 13.7 Å². The fourth-order valence-electron chi connectivity index (χ4n) is 2.81. The van der Waals surface area contributed by atoms with Crippen molar-refractivity contribution in [2.24, 2.45) is 0 Å². The molecule has 15 nitrogen and oxygen atoms in total. The minimum absolute atomic E-state index is 0.0322. The number of ether oxygens (including phenoxy) is 3. The van der Waals surface area contributed by atoms with Crippen molar-refractivity contribution in [1.82, 2.24) is 10.1 Å². The molecule has 36 heavy (non-hydrogen) atoms. The third-order valence-electron chi connectivity index (χ3n) is 4.27. The number of amides is 4. The number of nitrogens with zero attached hydrogens (tertiary/aromatic N) is 2. The Morgan fingerprint density at radius 3 is 1.39 bits per heavy atom. The van der Waals surface area contributed by atoms with Gasteiger partial charge in [-0.3, -0.25) is 24.0 Å². The topological polar surface area (TPSA) is 189 Å². The van der Waals surface area contributed by atoms with Crippen LogP contribution in [0.5, 0.6) is 0 Å². The van der Waals surface area contributed by atoms with Gasteiger partial charge in [0, 0.05) is 39.7 Å². The van der Waals surface area contributed by atoms with Crippen LogP contribution in [0.25, 0.3) is 0 Å². The first-order chi connectivity index (χ1) is 16.8. The van der Waals surface area contributed by atoms with E-state index in [0.717, 1.165) is 0 Å². The van der Waals surface area contributed by atoms with E-state index in [1.807, 2.05) is 0 Å². The number of carbonyl (C=O) groups excluding carboxylic acids is 8. The lowest BCUT2D eigenvalue weighted by atomic mass is 10.3. The maximum atomic E-state index is 11.4. The highest BCUT2D eigenvalue weighted by molar-refractivity contribution is 6.02. The first kappa shape index (κ1) is 30.2. The number of hydroxylamine groups is 4. The van der Waals surface area contributed by atoms with Crippen LogP contribution in [0.15, 0.2) is 0 Å². The summed E-state index contributed by atoms with van der Waals surface area (Å²) >= 11 is 0. The second kappa shape index (κ2) is 14.5. The van der Waals surface area contributed by atoms with Gasteiger partial charge in [0.2, 0.25) is 0 Å². The Morgan fingerprint density at radius 1 is 0.694 bits per heavy atom. The molecule has 0 N–H and O–H groups in total. The summed E-state index contributed by atoms with van der Waals surface area (Å²) in [4.78, 5) is 98.3. The van der Waals surface area contributed by atoms with Gasteiger partial charge in [-0.15, -0.1) is 10.1 Å². The van der Waals surface area contributed by atoms with Gasteiger partial charge in [-0.25, -0.2) is 14.4 Å². The van der Waals surface area contributed by atoms with Gasteiger partial charge in [0.15, 0.2) is 0 Å². The first-order valence-corrected chi connectivity index (χ1v) is 10.8. The van der Waals surface area contributed by atoms with Crippen molar-refractivity contribution in [3.05, 3.63) is 0 Å². The average Bonchev–Trinajstić information content (AvgIpc) is 3.23. The molecule has 2 atom stereocenters. The van der Waals surface area contributed by atoms with Crippen LogP contribution in [0.4, 0.5) is 0 Å². The maximum Gasteiger partial charge on any atom is 0.336 e. The van der Waals surface area contributed by atoms with Crippen molar-refractivity contribution in [3.8, 4) is 0 Å². The highest BCUT2D eigenvalue weighted by Gasteiger charge is 2.34. The van der Waals surface area contributed by atoms with Gasteiger partial charge in [-0.2, -0.15) is 0 Å². The molecule has 2 heterocycles. The summed E-state index contributed by atoms with van der Waals surface area (Å²) in [5.41, 5.74) is 0. The molecule has 15 heteroatoms. The Morgan fingerprint density at radius 2 is 1.06 bits per heavy atom. The van der Waals surface area contributed by atoms with E-state index in [4.69, 9.17) is 9.47 Å². The molecule has 2 aliphatic heterocycles. The summed E-state index contributed by atoms with van der Waals surface area (Å²) in [5.74, 6) is -4.92. The van der Waals surface area contributed by atoms with E-state index >= 15 is 0 Å². The number of esters is 2. The van der Waals surface area contributed by atoms with Gasteiger partial charge in [-0.1, -0.05) is 0 Å². The fraction of sp³-hybridized carbons (Fsp3) is 0.619. The minimum atomic E-state index is -0.818. The van der Waals surface area contributed by atoms with Crippen molar-refractivity contribution >= 4 is 47.5 Å². The molecule has 2 unspecified atom stereocenters. The standard InChI is InChI=1S/C11H15NO7.C10H13NO6/c1-7(18-11(16)6-17-2)5-10(15)19-12-8(13)3-4-9(12)14;1-6(16-7(2)12)5-10(15)17-11-8(13)3-4-9(11)14/h7H,3-6H2,1-2H3;6H,3-5H2,1-2H3. The van der Waals surface area contributed by atoms with Gasteiger partial charge < -0.3 is 23.9 Å². The lowest BCUT2D eigenvalue weighted by Gasteiger charge is -2.15. The number of rotatable bonds is 10.